The molecule has 0 aliphatic rings. The molecule has 2 aromatic rings. The molecule has 0 fully saturated rings. The van der Waals surface area contributed by atoms with E-state index in [0.717, 1.165) is 15.6 Å². The first kappa shape index (κ1) is 18.1. The van der Waals surface area contributed by atoms with Gasteiger partial charge in [-0.1, -0.05) is 18.2 Å². The smallest absolute Gasteiger partial charge is 0.387 e. The quantitative estimate of drug-likeness (QED) is 0.791. The number of halogens is 2. The zero-order valence-electron chi connectivity index (χ0n) is 13.5. The number of alkyl halides is 2. The number of rotatable bonds is 6. The van der Waals surface area contributed by atoms with Crippen molar-refractivity contribution in [1.29, 1.82) is 0 Å². The van der Waals surface area contributed by atoms with Gasteiger partial charge >= 0.3 is 6.61 Å². The van der Waals surface area contributed by atoms with Crippen molar-refractivity contribution in [2.75, 3.05) is 0 Å². The van der Waals surface area contributed by atoms with E-state index in [-0.39, 0.29) is 17.7 Å². The number of aromatic nitrogens is 1. The number of thiazole rings is 1. The normalized spacial score (nSPS) is 12.6. The second-order valence-electron chi connectivity index (χ2n) is 5.16. The van der Waals surface area contributed by atoms with Gasteiger partial charge in [0.2, 0.25) is 5.91 Å². The fourth-order valence-electron chi connectivity index (χ4n) is 2.26. The Morgan fingerprint density at radius 1 is 1.33 bits per heavy atom. The summed E-state index contributed by atoms with van der Waals surface area (Å²) in [5, 5.41) is 3.78. The zero-order valence-corrected chi connectivity index (χ0v) is 14.4. The summed E-state index contributed by atoms with van der Waals surface area (Å²) in [6.07, 6.45) is 2.75. The average molecular weight is 352 g/mol. The second-order valence-corrected chi connectivity index (χ2v) is 6.40. The highest BCUT2D eigenvalue weighted by Gasteiger charge is 2.14. The Morgan fingerprint density at radius 3 is 2.67 bits per heavy atom. The summed E-state index contributed by atoms with van der Waals surface area (Å²) in [5.74, 6) is -0.293. The number of nitrogens with zero attached hydrogens (tertiary/aromatic N) is 1. The number of nitrogens with one attached hydrogen (secondary N) is 1. The molecule has 0 bridgehead atoms. The molecule has 7 heteroatoms. The molecular formula is C17H18F2N2O2S. The number of carbonyl (C=O) groups excluding carboxylic acids is 1. The minimum absolute atomic E-state index is 0.0264. The molecule has 1 aromatic heterocycles. The molecule has 128 valence electrons. The maximum Gasteiger partial charge on any atom is 0.387 e. The number of hydrogen-bond donors (Lipinski definition) is 1. The molecule has 1 atom stereocenters. The number of hydrogen-bond acceptors (Lipinski definition) is 4. The highest BCUT2D eigenvalue weighted by Crippen LogP contribution is 2.24. The van der Waals surface area contributed by atoms with E-state index in [1.165, 1.54) is 29.6 Å². The molecule has 1 N–H and O–H groups in total. The molecule has 4 nitrogen and oxygen atoms in total. The van der Waals surface area contributed by atoms with Crippen LogP contribution in [0.5, 0.6) is 5.75 Å². The predicted octanol–water partition coefficient (Wildman–Crippen LogP) is 4.25. The molecule has 0 unspecified atom stereocenters. The third kappa shape index (κ3) is 4.86. The molecule has 0 radical (unpaired) electrons. The van der Waals surface area contributed by atoms with Crippen LogP contribution < -0.4 is 10.1 Å². The second kappa shape index (κ2) is 8.01. The maximum absolute atomic E-state index is 12.4. The van der Waals surface area contributed by atoms with Crippen LogP contribution in [0.2, 0.25) is 0 Å². The number of aryl methyl sites for hydroxylation is 2. The largest absolute Gasteiger partial charge is 0.434 e. The van der Waals surface area contributed by atoms with Crippen LogP contribution in [-0.2, 0) is 4.79 Å². The van der Waals surface area contributed by atoms with Crippen molar-refractivity contribution in [1.82, 2.24) is 10.3 Å². The Kier molecular flexibility index (Phi) is 6.03. The predicted molar refractivity (Wildman–Crippen MR) is 90.3 cm³/mol. The van der Waals surface area contributed by atoms with Gasteiger partial charge in [0.1, 0.15) is 5.75 Å². The summed E-state index contributed by atoms with van der Waals surface area (Å²) in [6.45, 7) is 2.77. The monoisotopic (exact) mass is 352 g/mol. The fraction of sp³-hybridized carbons (Fsp3) is 0.294. The van der Waals surface area contributed by atoms with E-state index < -0.39 is 6.61 Å². The molecule has 0 spiro atoms. The number of benzene rings is 1. The van der Waals surface area contributed by atoms with Gasteiger partial charge in [0, 0.05) is 16.5 Å². The molecule has 0 saturated carbocycles. The molecule has 0 aliphatic carbocycles. The first-order valence-electron chi connectivity index (χ1n) is 7.33. The van der Waals surface area contributed by atoms with Gasteiger partial charge < -0.3 is 10.1 Å². The van der Waals surface area contributed by atoms with Crippen LogP contribution in [0.15, 0.2) is 30.3 Å². The number of amides is 1. The van der Waals surface area contributed by atoms with Gasteiger partial charge in [-0.25, -0.2) is 4.98 Å². The van der Waals surface area contributed by atoms with Crippen LogP contribution in [0, 0.1) is 13.8 Å². The third-order valence-electron chi connectivity index (χ3n) is 3.24. The van der Waals surface area contributed by atoms with Gasteiger partial charge in [-0.15, -0.1) is 11.3 Å². The summed E-state index contributed by atoms with van der Waals surface area (Å²) in [4.78, 5) is 17.4. The summed E-state index contributed by atoms with van der Waals surface area (Å²) >= 11 is 1.53. The summed E-state index contributed by atoms with van der Waals surface area (Å²) in [7, 11) is 0. The van der Waals surface area contributed by atoms with E-state index in [4.69, 9.17) is 0 Å². The minimum atomic E-state index is -2.91. The van der Waals surface area contributed by atoms with E-state index in [1.54, 1.807) is 18.2 Å². The molecule has 24 heavy (non-hydrogen) atoms. The minimum Gasteiger partial charge on any atom is -0.434 e. The molecular weight excluding hydrogens is 334 g/mol. The zero-order chi connectivity index (χ0) is 17.7. The number of carbonyl (C=O) groups is 1. The van der Waals surface area contributed by atoms with Gasteiger partial charge in [0.05, 0.1) is 16.7 Å². The molecule has 0 saturated heterocycles. The molecule has 1 aromatic carbocycles. The van der Waals surface area contributed by atoms with Gasteiger partial charge in [0.15, 0.2) is 0 Å². The molecule has 1 amide bonds. The first-order chi connectivity index (χ1) is 11.4. The summed E-state index contributed by atoms with van der Waals surface area (Å²) < 4.78 is 29.2. The fourth-order valence-corrected chi connectivity index (χ4v) is 3.19. The Hall–Kier alpha value is -2.28. The van der Waals surface area contributed by atoms with Crippen molar-refractivity contribution in [3.05, 3.63) is 51.5 Å². The highest BCUT2D eigenvalue weighted by molar-refractivity contribution is 7.11. The highest BCUT2D eigenvalue weighted by atomic mass is 32.1. The Bertz CT molecular complexity index is 744. The lowest BCUT2D eigenvalue weighted by Crippen LogP contribution is -2.24. The summed E-state index contributed by atoms with van der Waals surface area (Å²) in [6, 6.07) is 6.12. The van der Waals surface area contributed by atoms with E-state index >= 15 is 0 Å². The number of para-hydroxylation sites is 1. The Labute approximate surface area is 143 Å². The van der Waals surface area contributed by atoms with Gasteiger partial charge in [0.25, 0.3) is 0 Å². The van der Waals surface area contributed by atoms with Crippen molar-refractivity contribution in [2.45, 2.75) is 33.4 Å². The van der Waals surface area contributed by atoms with Gasteiger partial charge in [-0.2, -0.15) is 8.78 Å². The SMILES string of the molecule is Cc1nc(C)c([C@H](C)NC(=O)/C=C/c2ccccc2OC(F)F)s1. The van der Waals surface area contributed by atoms with Crippen molar-refractivity contribution < 1.29 is 18.3 Å². The maximum atomic E-state index is 12.4. The lowest BCUT2D eigenvalue weighted by atomic mass is 10.2. The van der Waals surface area contributed by atoms with E-state index in [1.807, 2.05) is 20.8 Å². The van der Waals surface area contributed by atoms with Crippen molar-refractivity contribution in [3.8, 4) is 5.75 Å². The van der Waals surface area contributed by atoms with Gasteiger partial charge in [-0.05, 0) is 32.9 Å². The summed E-state index contributed by atoms with van der Waals surface area (Å²) in [5.41, 5.74) is 1.30. The first-order valence-corrected chi connectivity index (χ1v) is 8.15. The van der Waals surface area contributed by atoms with E-state index in [9.17, 15) is 13.6 Å². The van der Waals surface area contributed by atoms with Crippen LogP contribution in [0.25, 0.3) is 6.08 Å². The standard InChI is InChI=1S/C17H18F2N2O2S/c1-10-16(24-12(3)20-10)11(2)21-15(22)9-8-13-6-4-5-7-14(13)23-17(18)19/h4-9,11,17H,1-3H3,(H,21,22)/b9-8+/t11-/m0/s1. The Balaban J connectivity index is 2.04. The molecule has 2 rings (SSSR count). The van der Waals surface area contributed by atoms with Crippen LogP contribution >= 0.6 is 11.3 Å². The van der Waals surface area contributed by atoms with Crippen molar-refractivity contribution in [2.24, 2.45) is 0 Å². The molecule has 0 aliphatic heterocycles. The third-order valence-corrected chi connectivity index (χ3v) is 4.50. The van der Waals surface area contributed by atoms with Gasteiger partial charge in [-0.3, -0.25) is 4.79 Å². The topological polar surface area (TPSA) is 51.2 Å². The lowest BCUT2D eigenvalue weighted by molar-refractivity contribution is -0.117. The van der Waals surface area contributed by atoms with E-state index in [2.05, 4.69) is 15.0 Å². The van der Waals surface area contributed by atoms with Crippen molar-refractivity contribution in [3.63, 3.8) is 0 Å². The lowest BCUT2D eigenvalue weighted by Gasteiger charge is -2.11. The Morgan fingerprint density at radius 2 is 2.04 bits per heavy atom. The van der Waals surface area contributed by atoms with Crippen LogP contribution in [-0.4, -0.2) is 17.5 Å². The van der Waals surface area contributed by atoms with E-state index in [0.29, 0.717) is 5.56 Å². The number of ether oxygens (including phenoxy) is 1. The van der Waals surface area contributed by atoms with Crippen LogP contribution in [0.1, 0.15) is 34.1 Å². The van der Waals surface area contributed by atoms with Crippen LogP contribution in [0.3, 0.4) is 0 Å². The molecule has 1 heterocycles. The van der Waals surface area contributed by atoms with Crippen LogP contribution in [0.4, 0.5) is 8.78 Å². The van der Waals surface area contributed by atoms with Crippen molar-refractivity contribution >= 4 is 23.3 Å². The average Bonchev–Trinajstić information content (AvgIpc) is 2.84.